The van der Waals surface area contributed by atoms with Crippen LogP contribution in [0, 0.1) is 17.2 Å². The molecule has 132 valence electrons. The van der Waals surface area contributed by atoms with Crippen LogP contribution in [0.25, 0.3) is 5.52 Å². The summed E-state index contributed by atoms with van der Waals surface area (Å²) in [6.07, 6.45) is 5.29. The minimum absolute atomic E-state index is 0.0447. The molecule has 3 rings (SSSR count). The summed E-state index contributed by atoms with van der Waals surface area (Å²) in [6.45, 7) is 0. The summed E-state index contributed by atoms with van der Waals surface area (Å²) in [5.74, 6) is -3.37. The summed E-state index contributed by atoms with van der Waals surface area (Å²) in [5.41, 5.74) is -0.0500. The molecule has 0 bridgehead atoms. The topological polar surface area (TPSA) is 127 Å². The van der Waals surface area contributed by atoms with Gasteiger partial charge in [0.05, 0.1) is 11.6 Å². The fourth-order valence-electron chi connectivity index (χ4n) is 2.56. The van der Waals surface area contributed by atoms with E-state index in [0.29, 0.717) is 0 Å². The van der Waals surface area contributed by atoms with Gasteiger partial charge >= 0.3 is 0 Å². The summed E-state index contributed by atoms with van der Waals surface area (Å²) in [4.78, 5) is 33.1. The van der Waals surface area contributed by atoms with Crippen LogP contribution in [0.1, 0.15) is 21.1 Å². The van der Waals surface area contributed by atoms with Gasteiger partial charge < -0.3 is 4.57 Å². The Morgan fingerprint density at radius 2 is 1.96 bits per heavy atom. The van der Waals surface area contributed by atoms with Gasteiger partial charge in [-0.25, -0.2) is 18.4 Å². The predicted molar refractivity (Wildman–Crippen MR) is 89.3 cm³/mol. The van der Waals surface area contributed by atoms with Gasteiger partial charge in [0.2, 0.25) is 26.6 Å². The first-order valence-electron chi connectivity index (χ1n) is 7.38. The van der Waals surface area contributed by atoms with Crippen molar-refractivity contribution >= 4 is 26.9 Å². The summed E-state index contributed by atoms with van der Waals surface area (Å²) < 4.78 is 26.5. The largest absolute Gasteiger partial charge is 0.332 e. The SMILES string of the molecule is Cn1ccnc1C(=O)C(C#N)C(=O)c1nc(S(C)(=O)=O)n2ccccc12. The van der Waals surface area contributed by atoms with E-state index in [1.165, 1.54) is 33.6 Å². The number of rotatable bonds is 5. The second-order valence-electron chi connectivity index (χ2n) is 5.62. The lowest BCUT2D eigenvalue weighted by atomic mass is 9.97. The molecule has 0 spiro atoms. The highest BCUT2D eigenvalue weighted by molar-refractivity contribution is 7.90. The van der Waals surface area contributed by atoms with E-state index < -0.39 is 27.3 Å². The molecule has 9 nitrogen and oxygen atoms in total. The van der Waals surface area contributed by atoms with Crippen LogP contribution in [0.15, 0.2) is 41.9 Å². The smallest absolute Gasteiger partial charge is 0.232 e. The van der Waals surface area contributed by atoms with Crippen molar-refractivity contribution in [3.8, 4) is 6.07 Å². The van der Waals surface area contributed by atoms with Crippen LogP contribution < -0.4 is 0 Å². The number of sulfone groups is 1. The average Bonchev–Trinajstić information content (AvgIpc) is 3.18. The number of imidazole rings is 2. The van der Waals surface area contributed by atoms with Crippen molar-refractivity contribution in [1.82, 2.24) is 18.9 Å². The predicted octanol–water partition coefficient (Wildman–Crippen LogP) is 0.677. The lowest BCUT2D eigenvalue weighted by molar-refractivity contribution is 0.0836. The van der Waals surface area contributed by atoms with Crippen LogP contribution in [-0.4, -0.2) is 45.2 Å². The number of aromatic nitrogens is 4. The maximum Gasteiger partial charge on any atom is 0.232 e. The number of aryl methyl sites for hydroxylation is 1. The Balaban J connectivity index is 2.14. The molecule has 3 aromatic rings. The van der Waals surface area contributed by atoms with Gasteiger partial charge in [0.15, 0.2) is 11.7 Å². The number of nitriles is 1. The van der Waals surface area contributed by atoms with Gasteiger partial charge in [-0.1, -0.05) is 6.07 Å². The van der Waals surface area contributed by atoms with Crippen molar-refractivity contribution in [3.05, 3.63) is 48.3 Å². The molecule has 0 fully saturated rings. The molecule has 0 saturated carbocycles. The molecule has 0 N–H and O–H groups in total. The molecular weight excluding hydrogens is 358 g/mol. The Morgan fingerprint density at radius 1 is 1.23 bits per heavy atom. The number of Topliss-reactive ketones (excluding diaryl/α,β-unsaturated/α-hetero) is 2. The van der Waals surface area contributed by atoms with Crippen molar-refractivity contribution in [1.29, 1.82) is 5.26 Å². The molecule has 26 heavy (non-hydrogen) atoms. The lowest BCUT2D eigenvalue weighted by Gasteiger charge is -2.06. The van der Waals surface area contributed by atoms with Crippen LogP contribution >= 0.6 is 0 Å². The Labute approximate surface area is 148 Å². The zero-order valence-corrected chi connectivity index (χ0v) is 14.6. The zero-order chi connectivity index (χ0) is 19.1. The van der Waals surface area contributed by atoms with Gasteiger partial charge in [-0.05, 0) is 12.1 Å². The molecule has 0 aromatic carbocycles. The van der Waals surface area contributed by atoms with Gasteiger partial charge in [0.25, 0.3) is 0 Å². The van der Waals surface area contributed by atoms with Crippen LogP contribution in [0.3, 0.4) is 0 Å². The van der Waals surface area contributed by atoms with Gasteiger partial charge in [-0.3, -0.25) is 14.0 Å². The van der Waals surface area contributed by atoms with Crippen LogP contribution in [-0.2, 0) is 16.9 Å². The van der Waals surface area contributed by atoms with Crippen LogP contribution in [0.2, 0.25) is 0 Å². The fourth-order valence-corrected chi connectivity index (χ4v) is 3.33. The molecule has 0 aliphatic carbocycles. The zero-order valence-electron chi connectivity index (χ0n) is 13.8. The molecular formula is C16H13N5O4S. The molecule has 0 saturated heterocycles. The monoisotopic (exact) mass is 371 g/mol. The number of hydrogen-bond acceptors (Lipinski definition) is 7. The summed E-state index contributed by atoms with van der Waals surface area (Å²) >= 11 is 0. The Bertz CT molecular complexity index is 1180. The van der Waals surface area contributed by atoms with E-state index in [4.69, 9.17) is 0 Å². The fraction of sp³-hybridized carbons (Fsp3) is 0.188. The number of carbonyl (C=O) groups excluding carboxylic acids is 2. The third kappa shape index (κ3) is 2.78. The molecule has 0 aliphatic rings. The van der Waals surface area contributed by atoms with E-state index in [0.717, 1.165) is 6.26 Å². The summed E-state index contributed by atoms with van der Waals surface area (Å²) in [5, 5.41) is 9.04. The van der Waals surface area contributed by atoms with Crippen molar-refractivity contribution < 1.29 is 18.0 Å². The summed E-state index contributed by atoms with van der Waals surface area (Å²) in [6, 6.07) is 6.35. The van der Waals surface area contributed by atoms with E-state index in [2.05, 4.69) is 9.97 Å². The van der Waals surface area contributed by atoms with E-state index in [-0.39, 0.29) is 22.2 Å². The highest BCUT2D eigenvalue weighted by Gasteiger charge is 2.34. The Morgan fingerprint density at radius 3 is 2.54 bits per heavy atom. The van der Waals surface area contributed by atoms with Crippen LogP contribution in [0.5, 0.6) is 0 Å². The van der Waals surface area contributed by atoms with Gasteiger partial charge in [0.1, 0.15) is 5.69 Å². The molecule has 0 radical (unpaired) electrons. The first-order chi connectivity index (χ1) is 12.3. The maximum atomic E-state index is 12.8. The van der Waals surface area contributed by atoms with E-state index in [1.54, 1.807) is 25.2 Å². The van der Waals surface area contributed by atoms with Crippen molar-refractivity contribution in [2.24, 2.45) is 13.0 Å². The normalized spacial score (nSPS) is 12.7. The molecule has 1 unspecified atom stereocenters. The molecule has 1 atom stereocenters. The number of ketones is 2. The highest BCUT2D eigenvalue weighted by Crippen LogP contribution is 2.21. The standard InChI is InChI=1S/C16H13N5O4S/c1-20-8-6-18-15(20)14(23)10(9-17)13(22)12-11-5-3-4-7-21(11)16(19-12)26(2,24)25/h3-8,10H,1-2H3. The second kappa shape index (κ2) is 6.20. The summed E-state index contributed by atoms with van der Waals surface area (Å²) in [7, 11) is -2.17. The second-order valence-corrected chi connectivity index (χ2v) is 7.53. The van der Waals surface area contributed by atoms with Gasteiger partial charge in [0, 0.05) is 31.9 Å². The molecule has 0 amide bonds. The highest BCUT2D eigenvalue weighted by atomic mass is 32.2. The number of nitrogens with zero attached hydrogens (tertiary/aromatic N) is 5. The van der Waals surface area contributed by atoms with E-state index in [9.17, 15) is 23.3 Å². The minimum atomic E-state index is -3.73. The van der Waals surface area contributed by atoms with E-state index >= 15 is 0 Å². The molecule has 3 aromatic heterocycles. The third-order valence-corrected chi connectivity index (χ3v) is 4.73. The van der Waals surface area contributed by atoms with Crippen molar-refractivity contribution in [3.63, 3.8) is 0 Å². The quantitative estimate of drug-likeness (QED) is 0.476. The Hall–Kier alpha value is -3.32. The molecule has 10 heteroatoms. The lowest BCUT2D eigenvalue weighted by Crippen LogP contribution is -2.25. The number of carbonyl (C=O) groups is 2. The van der Waals surface area contributed by atoms with Gasteiger partial charge in [-0.15, -0.1) is 0 Å². The minimum Gasteiger partial charge on any atom is -0.332 e. The maximum absolute atomic E-state index is 12.8. The average molecular weight is 371 g/mol. The molecule has 0 aliphatic heterocycles. The first kappa shape index (κ1) is 17.5. The van der Waals surface area contributed by atoms with Crippen LogP contribution in [0.4, 0.5) is 0 Å². The number of pyridine rings is 1. The number of hydrogen-bond donors (Lipinski definition) is 0. The molecule has 3 heterocycles. The van der Waals surface area contributed by atoms with Gasteiger partial charge in [-0.2, -0.15) is 5.26 Å². The van der Waals surface area contributed by atoms with Crippen molar-refractivity contribution in [2.45, 2.75) is 5.16 Å². The number of fused-ring (bicyclic) bond motifs is 1. The van der Waals surface area contributed by atoms with Crippen molar-refractivity contribution in [2.75, 3.05) is 6.26 Å². The third-order valence-electron chi connectivity index (χ3n) is 3.78. The first-order valence-corrected chi connectivity index (χ1v) is 9.27. The Kier molecular flexibility index (Phi) is 4.17. The van der Waals surface area contributed by atoms with E-state index in [1.807, 2.05) is 0 Å².